The average molecular weight is 295 g/mol. The number of carbonyl (C=O) groups excluding carboxylic acids is 1. The molecule has 20 heavy (non-hydrogen) atoms. The Labute approximate surface area is 118 Å². The Bertz CT molecular complexity index is 635. The molecule has 4 nitrogen and oxygen atoms in total. The lowest BCUT2D eigenvalue weighted by molar-refractivity contribution is -0.120. The van der Waals surface area contributed by atoms with Gasteiger partial charge in [-0.05, 0) is 19.1 Å². The van der Waals surface area contributed by atoms with Gasteiger partial charge in [-0.3, -0.25) is 4.79 Å². The number of aromatic nitrogens is 1. The summed E-state index contributed by atoms with van der Waals surface area (Å²) in [5.41, 5.74) is 2.76. The van der Waals surface area contributed by atoms with Crippen LogP contribution in [0.25, 0.3) is 0 Å². The van der Waals surface area contributed by atoms with Crippen LogP contribution in [0.2, 0.25) is 0 Å². The first-order valence-corrected chi connectivity index (χ1v) is 6.61. The van der Waals surface area contributed by atoms with Crippen LogP contribution in [0.3, 0.4) is 0 Å². The van der Waals surface area contributed by atoms with Crippen molar-refractivity contribution < 1.29 is 13.6 Å². The molecule has 0 aliphatic rings. The molecule has 0 radical (unpaired) electrons. The van der Waals surface area contributed by atoms with Gasteiger partial charge in [-0.2, -0.15) is 5.10 Å². The predicted octanol–water partition coefficient (Wildman–Crippen LogP) is 2.42. The molecule has 1 heterocycles. The molecule has 0 saturated carbocycles. The minimum Gasteiger partial charge on any atom is -0.273 e. The molecule has 0 aliphatic heterocycles. The van der Waals surface area contributed by atoms with E-state index < -0.39 is 17.5 Å². The molecule has 1 aromatic carbocycles. The van der Waals surface area contributed by atoms with E-state index in [2.05, 4.69) is 15.5 Å². The van der Waals surface area contributed by atoms with Crippen molar-refractivity contribution in [3.63, 3.8) is 0 Å². The molecular formula is C13H11F2N3OS. The minimum absolute atomic E-state index is 0.0790. The SMILES string of the molecule is Cc1csc(CC(=O)N/N=C\c2c(F)cccc2F)n1. The summed E-state index contributed by atoms with van der Waals surface area (Å²) in [5.74, 6) is -1.87. The first-order chi connectivity index (χ1) is 9.56. The lowest BCUT2D eigenvalue weighted by atomic mass is 10.2. The predicted molar refractivity (Wildman–Crippen MR) is 72.6 cm³/mol. The second-order valence-electron chi connectivity index (χ2n) is 3.99. The van der Waals surface area contributed by atoms with Crippen LogP contribution in [0, 0.1) is 18.6 Å². The molecule has 2 rings (SSSR count). The van der Waals surface area contributed by atoms with Crippen LogP contribution in [0.5, 0.6) is 0 Å². The van der Waals surface area contributed by atoms with Crippen molar-refractivity contribution in [3.8, 4) is 0 Å². The van der Waals surface area contributed by atoms with Gasteiger partial charge in [0.05, 0.1) is 18.2 Å². The molecule has 7 heteroatoms. The number of hydrogen-bond acceptors (Lipinski definition) is 4. The van der Waals surface area contributed by atoms with Crippen LogP contribution in [0.15, 0.2) is 28.7 Å². The summed E-state index contributed by atoms with van der Waals surface area (Å²) in [5, 5.41) is 6.03. The molecule has 2 aromatic rings. The largest absolute Gasteiger partial charge is 0.273 e. The van der Waals surface area contributed by atoms with E-state index in [0.29, 0.717) is 5.01 Å². The fraction of sp³-hybridized carbons (Fsp3) is 0.154. The number of amides is 1. The number of rotatable bonds is 4. The van der Waals surface area contributed by atoms with Gasteiger partial charge in [0.2, 0.25) is 5.91 Å². The molecule has 0 fully saturated rings. The van der Waals surface area contributed by atoms with Crippen molar-refractivity contribution in [1.29, 1.82) is 0 Å². The average Bonchev–Trinajstić information content (AvgIpc) is 2.78. The fourth-order valence-electron chi connectivity index (χ4n) is 1.46. The van der Waals surface area contributed by atoms with E-state index in [1.54, 1.807) is 0 Å². The third kappa shape index (κ3) is 3.67. The second kappa shape index (κ2) is 6.33. The Morgan fingerprint density at radius 3 is 2.75 bits per heavy atom. The molecule has 1 amide bonds. The smallest absolute Gasteiger partial charge is 0.246 e. The summed E-state index contributed by atoms with van der Waals surface area (Å²) in [6, 6.07) is 3.49. The van der Waals surface area contributed by atoms with Crippen molar-refractivity contribution in [2.75, 3.05) is 0 Å². The number of nitrogens with zero attached hydrogens (tertiary/aromatic N) is 2. The van der Waals surface area contributed by atoms with Crippen LogP contribution < -0.4 is 5.43 Å². The maximum absolute atomic E-state index is 13.3. The molecule has 0 saturated heterocycles. The quantitative estimate of drug-likeness (QED) is 0.695. The minimum atomic E-state index is -0.737. The molecular weight excluding hydrogens is 284 g/mol. The van der Waals surface area contributed by atoms with E-state index in [1.165, 1.54) is 17.4 Å². The van der Waals surface area contributed by atoms with Crippen LogP contribution >= 0.6 is 11.3 Å². The number of halogens is 2. The summed E-state index contributed by atoms with van der Waals surface area (Å²) in [7, 11) is 0. The fourth-order valence-corrected chi connectivity index (χ4v) is 2.23. The van der Waals surface area contributed by atoms with E-state index >= 15 is 0 Å². The van der Waals surface area contributed by atoms with E-state index in [-0.39, 0.29) is 12.0 Å². The van der Waals surface area contributed by atoms with Gasteiger partial charge in [-0.1, -0.05) is 6.07 Å². The summed E-state index contributed by atoms with van der Waals surface area (Å²) in [4.78, 5) is 15.7. The van der Waals surface area contributed by atoms with Crippen LogP contribution in [-0.4, -0.2) is 17.1 Å². The number of nitrogens with one attached hydrogen (secondary N) is 1. The van der Waals surface area contributed by atoms with Gasteiger partial charge in [0, 0.05) is 11.1 Å². The number of hydrogen-bond donors (Lipinski definition) is 1. The number of hydrazone groups is 1. The molecule has 1 aromatic heterocycles. The summed E-state index contributed by atoms with van der Waals surface area (Å²) in [6.07, 6.45) is 1.02. The lowest BCUT2D eigenvalue weighted by Gasteiger charge is -1.99. The zero-order chi connectivity index (χ0) is 14.5. The van der Waals surface area contributed by atoms with E-state index in [1.807, 2.05) is 12.3 Å². The normalized spacial score (nSPS) is 10.9. The second-order valence-corrected chi connectivity index (χ2v) is 4.93. The van der Waals surface area contributed by atoms with Gasteiger partial charge in [0.15, 0.2) is 0 Å². The van der Waals surface area contributed by atoms with Crippen molar-refractivity contribution in [3.05, 3.63) is 51.5 Å². The Morgan fingerprint density at radius 1 is 1.45 bits per heavy atom. The van der Waals surface area contributed by atoms with Gasteiger partial charge in [0.1, 0.15) is 16.6 Å². The zero-order valence-corrected chi connectivity index (χ0v) is 11.4. The maximum Gasteiger partial charge on any atom is 0.246 e. The molecule has 0 bridgehead atoms. The number of aryl methyl sites for hydroxylation is 1. The Kier molecular flexibility index (Phi) is 4.52. The summed E-state index contributed by atoms with van der Waals surface area (Å²) < 4.78 is 26.5. The highest BCUT2D eigenvalue weighted by Gasteiger charge is 2.07. The molecule has 0 aliphatic carbocycles. The Balaban J connectivity index is 1.94. The lowest BCUT2D eigenvalue weighted by Crippen LogP contribution is -2.19. The summed E-state index contributed by atoms with van der Waals surface area (Å²) in [6.45, 7) is 1.83. The molecule has 0 atom stereocenters. The first-order valence-electron chi connectivity index (χ1n) is 5.73. The van der Waals surface area contributed by atoms with Crippen LogP contribution in [-0.2, 0) is 11.2 Å². The molecule has 1 N–H and O–H groups in total. The first kappa shape index (κ1) is 14.3. The van der Waals surface area contributed by atoms with Gasteiger partial charge in [0.25, 0.3) is 0 Å². The van der Waals surface area contributed by atoms with Crippen molar-refractivity contribution in [2.24, 2.45) is 5.10 Å². The number of benzene rings is 1. The third-order valence-electron chi connectivity index (χ3n) is 2.36. The summed E-state index contributed by atoms with van der Waals surface area (Å²) >= 11 is 1.37. The highest BCUT2D eigenvalue weighted by atomic mass is 32.1. The maximum atomic E-state index is 13.3. The van der Waals surface area contributed by atoms with E-state index in [9.17, 15) is 13.6 Å². The Morgan fingerprint density at radius 2 is 2.15 bits per heavy atom. The van der Waals surface area contributed by atoms with Crippen molar-refractivity contribution in [1.82, 2.24) is 10.4 Å². The van der Waals surface area contributed by atoms with Crippen LogP contribution in [0.4, 0.5) is 8.78 Å². The van der Waals surface area contributed by atoms with Gasteiger partial charge in [-0.15, -0.1) is 11.3 Å². The molecule has 0 spiro atoms. The van der Waals surface area contributed by atoms with Gasteiger partial charge in [-0.25, -0.2) is 19.2 Å². The van der Waals surface area contributed by atoms with Gasteiger partial charge >= 0.3 is 0 Å². The standard InChI is InChI=1S/C13H11F2N3OS/c1-8-7-20-13(17-8)5-12(19)18-16-6-9-10(14)3-2-4-11(9)15/h2-4,6-7H,5H2,1H3,(H,18,19)/b16-6-. The highest BCUT2D eigenvalue weighted by molar-refractivity contribution is 7.09. The third-order valence-corrected chi connectivity index (χ3v) is 3.33. The molecule has 0 unspecified atom stereocenters. The van der Waals surface area contributed by atoms with Crippen molar-refractivity contribution in [2.45, 2.75) is 13.3 Å². The van der Waals surface area contributed by atoms with Crippen molar-refractivity contribution >= 4 is 23.5 Å². The van der Waals surface area contributed by atoms with E-state index in [4.69, 9.17) is 0 Å². The Hall–Kier alpha value is -2.15. The van der Waals surface area contributed by atoms with Crippen LogP contribution in [0.1, 0.15) is 16.3 Å². The highest BCUT2D eigenvalue weighted by Crippen LogP contribution is 2.10. The van der Waals surface area contributed by atoms with E-state index in [0.717, 1.165) is 24.0 Å². The number of thiazole rings is 1. The van der Waals surface area contributed by atoms with Gasteiger partial charge < -0.3 is 0 Å². The topological polar surface area (TPSA) is 54.4 Å². The monoisotopic (exact) mass is 295 g/mol. The number of carbonyl (C=O) groups is 1. The zero-order valence-electron chi connectivity index (χ0n) is 10.6. The molecule has 104 valence electrons.